The smallest absolute Gasteiger partial charge is 0.237 e. The number of carbonyl (C=O) groups excluding carboxylic acids is 1. The fraction of sp³-hybridized carbons (Fsp3) is 0.250. The van der Waals surface area contributed by atoms with Crippen molar-refractivity contribution in [2.45, 2.75) is 31.2 Å². The van der Waals surface area contributed by atoms with Gasteiger partial charge in [-0.05, 0) is 62.2 Å². The second-order valence-electron chi connectivity index (χ2n) is 6.44. The molecule has 1 unspecified atom stereocenters. The lowest BCUT2D eigenvalue weighted by Crippen LogP contribution is -2.23. The van der Waals surface area contributed by atoms with Crippen LogP contribution in [0.25, 0.3) is 11.4 Å². The Kier molecular flexibility index (Phi) is 5.87. The molecular formula is C20H21ClN4OS. The van der Waals surface area contributed by atoms with Gasteiger partial charge >= 0.3 is 0 Å². The van der Waals surface area contributed by atoms with Crippen LogP contribution in [0.5, 0.6) is 0 Å². The van der Waals surface area contributed by atoms with Crippen molar-refractivity contribution in [1.82, 2.24) is 14.8 Å². The van der Waals surface area contributed by atoms with E-state index in [1.54, 1.807) is 0 Å². The van der Waals surface area contributed by atoms with Gasteiger partial charge in [0, 0.05) is 23.3 Å². The summed E-state index contributed by atoms with van der Waals surface area (Å²) >= 11 is 7.32. The molecule has 140 valence electrons. The van der Waals surface area contributed by atoms with Gasteiger partial charge in [0.25, 0.3) is 0 Å². The summed E-state index contributed by atoms with van der Waals surface area (Å²) in [5.41, 5.74) is 3.91. The predicted molar refractivity (Wildman–Crippen MR) is 111 cm³/mol. The maximum absolute atomic E-state index is 12.6. The fourth-order valence-corrected chi connectivity index (χ4v) is 3.53. The molecule has 0 bridgehead atoms. The van der Waals surface area contributed by atoms with E-state index in [9.17, 15) is 4.79 Å². The lowest BCUT2D eigenvalue weighted by Gasteiger charge is -2.14. The number of hydrogen-bond acceptors (Lipinski definition) is 4. The normalized spacial score (nSPS) is 12.0. The molecule has 1 N–H and O–H groups in total. The van der Waals surface area contributed by atoms with Crippen molar-refractivity contribution >= 4 is 35.0 Å². The average Bonchev–Trinajstić information content (AvgIpc) is 2.99. The highest BCUT2D eigenvalue weighted by Gasteiger charge is 2.20. The second kappa shape index (κ2) is 8.15. The number of anilines is 1. The minimum atomic E-state index is -0.314. The van der Waals surface area contributed by atoms with Crippen molar-refractivity contribution in [2.75, 3.05) is 5.32 Å². The Bertz CT molecular complexity index is 969. The molecule has 0 saturated heterocycles. The first kappa shape index (κ1) is 19.5. The van der Waals surface area contributed by atoms with Gasteiger partial charge in [0.05, 0.1) is 5.25 Å². The largest absolute Gasteiger partial charge is 0.325 e. The van der Waals surface area contributed by atoms with E-state index < -0.39 is 0 Å². The van der Waals surface area contributed by atoms with Crippen LogP contribution in [0.3, 0.4) is 0 Å². The molecule has 5 nitrogen and oxygen atoms in total. The van der Waals surface area contributed by atoms with Crippen LogP contribution in [0.1, 0.15) is 18.1 Å². The molecular weight excluding hydrogens is 380 g/mol. The number of rotatable bonds is 5. The van der Waals surface area contributed by atoms with Crippen molar-refractivity contribution in [3.05, 3.63) is 58.6 Å². The average molecular weight is 401 g/mol. The highest BCUT2D eigenvalue weighted by Crippen LogP contribution is 2.27. The summed E-state index contributed by atoms with van der Waals surface area (Å²) in [5.74, 6) is 0.668. The van der Waals surface area contributed by atoms with Gasteiger partial charge in [0.15, 0.2) is 11.0 Å². The van der Waals surface area contributed by atoms with Gasteiger partial charge in [-0.2, -0.15) is 0 Å². The lowest BCUT2D eigenvalue weighted by molar-refractivity contribution is -0.115. The molecule has 1 aromatic heterocycles. The first-order valence-electron chi connectivity index (χ1n) is 8.55. The van der Waals surface area contributed by atoms with Gasteiger partial charge in [0.1, 0.15) is 0 Å². The van der Waals surface area contributed by atoms with Gasteiger partial charge in [-0.1, -0.05) is 35.5 Å². The Hall–Kier alpha value is -2.31. The summed E-state index contributed by atoms with van der Waals surface area (Å²) in [6.45, 7) is 5.85. The van der Waals surface area contributed by atoms with Gasteiger partial charge < -0.3 is 9.88 Å². The molecule has 1 amide bonds. The number of benzene rings is 2. The fourth-order valence-electron chi connectivity index (χ4n) is 2.58. The van der Waals surface area contributed by atoms with Crippen LogP contribution in [0.15, 0.2) is 47.6 Å². The number of aryl methyl sites for hydroxylation is 2. The van der Waals surface area contributed by atoms with Crippen LogP contribution in [-0.4, -0.2) is 25.9 Å². The number of nitrogens with one attached hydrogen (secondary N) is 1. The van der Waals surface area contributed by atoms with E-state index in [0.717, 1.165) is 28.2 Å². The second-order valence-corrected chi connectivity index (χ2v) is 8.18. The number of thioether (sulfide) groups is 1. The van der Waals surface area contributed by atoms with E-state index in [2.05, 4.69) is 15.5 Å². The first-order chi connectivity index (χ1) is 12.8. The number of nitrogens with zero attached hydrogens (tertiary/aromatic N) is 3. The molecule has 0 fully saturated rings. The third-order valence-electron chi connectivity index (χ3n) is 4.24. The van der Waals surface area contributed by atoms with Crippen molar-refractivity contribution in [3.8, 4) is 11.4 Å². The summed E-state index contributed by atoms with van der Waals surface area (Å²) in [6, 6.07) is 13.4. The zero-order chi connectivity index (χ0) is 19.6. The monoisotopic (exact) mass is 400 g/mol. The lowest BCUT2D eigenvalue weighted by atomic mass is 10.1. The number of amides is 1. The third kappa shape index (κ3) is 4.51. The minimum absolute atomic E-state index is 0.0651. The summed E-state index contributed by atoms with van der Waals surface area (Å²) in [6.07, 6.45) is 0. The Labute approximate surface area is 168 Å². The quantitative estimate of drug-likeness (QED) is 0.620. The molecule has 0 aliphatic rings. The molecule has 3 aromatic rings. The van der Waals surface area contributed by atoms with Gasteiger partial charge in [0.2, 0.25) is 5.91 Å². The molecule has 0 aliphatic carbocycles. The zero-order valence-electron chi connectivity index (χ0n) is 15.7. The number of carbonyl (C=O) groups is 1. The molecule has 1 atom stereocenters. The van der Waals surface area contributed by atoms with Crippen LogP contribution in [0.2, 0.25) is 5.02 Å². The van der Waals surface area contributed by atoms with Crippen LogP contribution < -0.4 is 5.32 Å². The van der Waals surface area contributed by atoms with Crippen molar-refractivity contribution in [2.24, 2.45) is 7.05 Å². The number of aromatic nitrogens is 3. The number of halogens is 1. The van der Waals surface area contributed by atoms with E-state index in [4.69, 9.17) is 11.6 Å². The van der Waals surface area contributed by atoms with E-state index >= 15 is 0 Å². The molecule has 27 heavy (non-hydrogen) atoms. The Morgan fingerprint density at radius 3 is 2.56 bits per heavy atom. The maximum atomic E-state index is 12.6. The molecule has 0 aliphatic heterocycles. The molecule has 1 heterocycles. The third-order valence-corrected chi connectivity index (χ3v) is 5.63. The van der Waals surface area contributed by atoms with Crippen LogP contribution >= 0.6 is 23.4 Å². The Balaban J connectivity index is 1.72. The topological polar surface area (TPSA) is 59.8 Å². The number of hydrogen-bond donors (Lipinski definition) is 1. The van der Waals surface area contributed by atoms with Crippen molar-refractivity contribution in [3.63, 3.8) is 0 Å². The molecule has 7 heteroatoms. The van der Waals surface area contributed by atoms with Crippen LogP contribution in [-0.2, 0) is 11.8 Å². The first-order valence-corrected chi connectivity index (χ1v) is 9.81. The Morgan fingerprint density at radius 1 is 1.15 bits per heavy atom. The molecule has 2 aromatic carbocycles. The zero-order valence-corrected chi connectivity index (χ0v) is 17.2. The van der Waals surface area contributed by atoms with E-state index in [1.807, 2.05) is 74.9 Å². The molecule has 3 rings (SSSR count). The summed E-state index contributed by atoms with van der Waals surface area (Å²) in [5, 5.41) is 12.5. The SMILES string of the molecule is Cc1ccc(C)c(NC(=O)C(C)Sc2nnc(-c3ccc(Cl)cc3)n2C)c1. The summed E-state index contributed by atoms with van der Waals surface area (Å²) in [7, 11) is 1.89. The van der Waals surface area contributed by atoms with Gasteiger partial charge in [-0.25, -0.2) is 0 Å². The summed E-state index contributed by atoms with van der Waals surface area (Å²) < 4.78 is 1.88. The van der Waals surface area contributed by atoms with E-state index in [0.29, 0.717) is 10.2 Å². The van der Waals surface area contributed by atoms with E-state index in [1.165, 1.54) is 11.8 Å². The Morgan fingerprint density at radius 2 is 1.85 bits per heavy atom. The van der Waals surface area contributed by atoms with Crippen molar-refractivity contribution < 1.29 is 4.79 Å². The molecule has 0 radical (unpaired) electrons. The molecule has 0 spiro atoms. The highest BCUT2D eigenvalue weighted by atomic mass is 35.5. The molecule has 0 saturated carbocycles. The maximum Gasteiger partial charge on any atom is 0.237 e. The highest BCUT2D eigenvalue weighted by molar-refractivity contribution is 8.00. The van der Waals surface area contributed by atoms with Crippen LogP contribution in [0.4, 0.5) is 5.69 Å². The summed E-state index contributed by atoms with van der Waals surface area (Å²) in [4.78, 5) is 12.6. The standard InChI is InChI=1S/C20H21ClN4OS/c1-12-5-6-13(2)17(11-12)22-19(26)14(3)27-20-24-23-18(25(20)4)15-7-9-16(21)10-8-15/h5-11,14H,1-4H3,(H,22,26). The van der Waals surface area contributed by atoms with Gasteiger partial charge in [-0.15, -0.1) is 10.2 Å². The van der Waals surface area contributed by atoms with Crippen molar-refractivity contribution in [1.29, 1.82) is 0 Å². The minimum Gasteiger partial charge on any atom is -0.325 e. The van der Waals surface area contributed by atoms with E-state index in [-0.39, 0.29) is 11.2 Å². The van der Waals surface area contributed by atoms with Gasteiger partial charge in [-0.3, -0.25) is 4.79 Å². The predicted octanol–water partition coefficient (Wildman–Crippen LogP) is 4.87. The van der Waals surface area contributed by atoms with Crippen LogP contribution in [0, 0.1) is 13.8 Å².